The average Bonchev–Trinajstić information content (AvgIpc) is 2.16. The molecule has 1 N–H and O–H groups in total. The fourth-order valence-corrected chi connectivity index (χ4v) is 2.15. The monoisotopic (exact) mass is 123 g/mol. The fourth-order valence-electron chi connectivity index (χ4n) is 2.15. The lowest BCUT2D eigenvalue weighted by atomic mass is 10.1. The van der Waals surface area contributed by atoms with Crippen LogP contribution in [0.15, 0.2) is 11.6 Å². The van der Waals surface area contributed by atoms with Gasteiger partial charge in [0.05, 0.1) is 0 Å². The third kappa shape index (κ3) is 0.485. The number of likely N-dealkylation sites (N-methyl/N-ethyl adjacent to an activating group) is 1. The summed E-state index contributed by atoms with van der Waals surface area (Å²) in [6, 6.07) is 0.728. The summed E-state index contributed by atoms with van der Waals surface area (Å²) in [5.74, 6) is 0. The minimum absolute atomic E-state index is 0.578. The molecule has 0 aromatic heterocycles. The van der Waals surface area contributed by atoms with Crippen LogP contribution in [0.5, 0.6) is 0 Å². The third-order valence-electron chi connectivity index (χ3n) is 2.84. The minimum atomic E-state index is 0.578. The molecule has 1 nitrogen and oxygen atoms in total. The molecule has 0 radical (unpaired) electrons. The molecule has 2 aliphatic rings. The molecule has 2 unspecified atom stereocenters. The number of rotatable bonds is 1. The van der Waals surface area contributed by atoms with Crippen molar-refractivity contribution in [1.82, 2.24) is 5.32 Å². The Kier molecular flexibility index (Phi) is 0.854. The molecule has 1 fully saturated rings. The Morgan fingerprint density at radius 2 is 2.56 bits per heavy atom. The van der Waals surface area contributed by atoms with Gasteiger partial charge in [0.2, 0.25) is 0 Å². The van der Waals surface area contributed by atoms with Crippen molar-refractivity contribution in [3.05, 3.63) is 11.6 Å². The van der Waals surface area contributed by atoms with Gasteiger partial charge in [0.1, 0.15) is 0 Å². The number of hydrogen-bond donors (Lipinski definition) is 1. The standard InChI is InChI=1S/C8H13N/c1-8-5-3-4-6(8)7(8)9-2/h4,7,9H,3,5H2,1-2H3. The number of nitrogens with one attached hydrogen (secondary N) is 1. The van der Waals surface area contributed by atoms with Gasteiger partial charge in [-0.15, -0.1) is 0 Å². The van der Waals surface area contributed by atoms with E-state index in [0.29, 0.717) is 5.41 Å². The van der Waals surface area contributed by atoms with Gasteiger partial charge >= 0.3 is 0 Å². The zero-order valence-corrected chi connectivity index (χ0v) is 6.07. The van der Waals surface area contributed by atoms with Gasteiger partial charge in [-0.2, -0.15) is 0 Å². The molecule has 2 aliphatic carbocycles. The van der Waals surface area contributed by atoms with Crippen molar-refractivity contribution in [2.45, 2.75) is 25.8 Å². The van der Waals surface area contributed by atoms with Crippen LogP contribution in [0.25, 0.3) is 0 Å². The lowest BCUT2D eigenvalue weighted by Gasteiger charge is -2.04. The predicted octanol–water partition coefficient (Wildman–Crippen LogP) is 1.31. The van der Waals surface area contributed by atoms with Crippen LogP contribution in [0.4, 0.5) is 0 Å². The predicted molar refractivity (Wildman–Crippen MR) is 38.3 cm³/mol. The normalized spacial score (nSPS) is 46.4. The highest BCUT2D eigenvalue weighted by atomic mass is 15.0. The number of fused-ring (bicyclic) bond motifs is 1. The topological polar surface area (TPSA) is 12.0 Å². The molecule has 0 aromatic rings. The van der Waals surface area contributed by atoms with E-state index in [1.165, 1.54) is 12.8 Å². The molecule has 2 atom stereocenters. The summed E-state index contributed by atoms with van der Waals surface area (Å²) in [6.45, 7) is 2.35. The zero-order valence-electron chi connectivity index (χ0n) is 6.07. The summed E-state index contributed by atoms with van der Waals surface area (Å²) in [5.41, 5.74) is 2.24. The number of hydrogen-bond acceptors (Lipinski definition) is 1. The van der Waals surface area contributed by atoms with Crippen LogP contribution in [-0.2, 0) is 0 Å². The van der Waals surface area contributed by atoms with Gasteiger partial charge in [-0.05, 0) is 25.5 Å². The van der Waals surface area contributed by atoms with Gasteiger partial charge in [0, 0.05) is 11.5 Å². The van der Waals surface area contributed by atoms with Crippen LogP contribution in [0.1, 0.15) is 19.8 Å². The van der Waals surface area contributed by atoms with Crippen molar-refractivity contribution in [2.24, 2.45) is 5.41 Å². The molecular weight excluding hydrogens is 110 g/mol. The van der Waals surface area contributed by atoms with E-state index in [2.05, 4.69) is 25.4 Å². The SMILES string of the molecule is CNC1C2=CCCC21C. The van der Waals surface area contributed by atoms with E-state index in [1.807, 2.05) is 0 Å². The molecule has 0 amide bonds. The summed E-state index contributed by atoms with van der Waals surface area (Å²) in [5, 5.41) is 3.31. The van der Waals surface area contributed by atoms with Crippen molar-refractivity contribution >= 4 is 0 Å². The minimum Gasteiger partial charge on any atom is -0.313 e. The first-order valence-electron chi connectivity index (χ1n) is 3.67. The number of allylic oxidation sites excluding steroid dienone is 1. The van der Waals surface area contributed by atoms with Crippen LogP contribution < -0.4 is 5.32 Å². The quantitative estimate of drug-likeness (QED) is 0.518. The fraction of sp³-hybridized carbons (Fsp3) is 0.750. The summed E-state index contributed by atoms with van der Waals surface area (Å²) < 4.78 is 0. The molecule has 9 heavy (non-hydrogen) atoms. The van der Waals surface area contributed by atoms with E-state index < -0.39 is 0 Å². The van der Waals surface area contributed by atoms with Crippen molar-refractivity contribution in [2.75, 3.05) is 7.05 Å². The summed E-state index contributed by atoms with van der Waals surface area (Å²) in [4.78, 5) is 0. The van der Waals surface area contributed by atoms with Gasteiger partial charge < -0.3 is 5.32 Å². The second kappa shape index (κ2) is 1.40. The van der Waals surface area contributed by atoms with Crippen molar-refractivity contribution in [3.8, 4) is 0 Å². The molecule has 1 heteroatoms. The van der Waals surface area contributed by atoms with Crippen LogP contribution >= 0.6 is 0 Å². The van der Waals surface area contributed by atoms with Crippen molar-refractivity contribution in [1.29, 1.82) is 0 Å². The second-order valence-electron chi connectivity index (χ2n) is 3.34. The Morgan fingerprint density at radius 1 is 1.78 bits per heavy atom. The smallest absolute Gasteiger partial charge is 0.0375 e. The van der Waals surface area contributed by atoms with Crippen LogP contribution in [0.2, 0.25) is 0 Å². The van der Waals surface area contributed by atoms with E-state index in [-0.39, 0.29) is 0 Å². The first-order valence-corrected chi connectivity index (χ1v) is 3.67. The molecule has 0 aromatic carbocycles. The molecule has 50 valence electrons. The maximum Gasteiger partial charge on any atom is 0.0375 e. The lowest BCUT2D eigenvalue weighted by molar-refractivity contribution is 0.500. The maximum atomic E-state index is 3.31. The Labute approximate surface area is 56.1 Å². The molecule has 0 spiro atoms. The molecule has 0 heterocycles. The van der Waals surface area contributed by atoms with Crippen molar-refractivity contribution in [3.63, 3.8) is 0 Å². The maximum absolute atomic E-state index is 3.31. The van der Waals surface area contributed by atoms with Crippen LogP contribution in [0.3, 0.4) is 0 Å². The Bertz CT molecular complexity index is 171. The molecule has 1 saturated carbocycles. The van der Waals surface area contributed by atoms with Gasteiger partial charge in [-0.3, -0.25) is 0 Å². The van der Waals surface area contributed by atoms with Gasteiger partial charge in [0.15, 0.2) is 0 Å². The zero-order chi connectivity index (χ0) is 6.48. The average molecular weight is 123 g/mol. The molecule has 0 aliphatic heterocycles. The van der Waals surface area contributed by atoms with E-state index in [4.69, 9.17) is 0 Å². The molecule has 0 bridgehead atoms. The largest absolute Gasteiger partial charge is 0.313 e. The van der Waals surface area contributed by atoms with Gasteiger partial charge in [-0.25, -0.2) is 0 Å². The highest BCUT2D eigenvalue weighted by Crippen LogP contribution is 2.59. The third-order valence-corrected chi connectivity index (χ3v) is 2.84. The lowest BCUT2D eigenvalue weighted by Crippen LogP contribution is -2.16. The van der Waals surface area contributed by atoms with E-state index in [1.54, 1.807) is 5.57 Å². The Balaban J connectivity index is 2.22. The molecule has 0 saturated heterocycles. The van der Waals surface area contributed by atoms with Gasteiger partial charge in [-0.1, -0.05) is 13.0 Å². The molecule has 2 rings (SSSR count). The summed E-state index contributed by atoms with van der Waals surface area (Å²) in [6.07, 6.45) is 5.07. The van der Waals surface area contributed by atoms with Crippen LogP contribution in [0, 0.1) is 5.41 Å². The first kappa shape index (κ1) is 5.48. The Morgan fingerprint density at radius 3 is 2.89 bits per heavy atom. The van der Waals surface area contributed by atoms with E-state index in [0.717, 1.165) is 6.04 Å². The highest BCUT2D eigenvalue weighted by molar-refractivity contribution is 5.45. The first-order chi connectivity index (χ1) is 4.29. The van der Waals surface area contributed by atoms with E-state index >= 15 is 0 Å². The van der Waals surface area contributed by atoms with Crippen LogP contribution in [-0.4, -0.2) is 13.1 Å². The highest BCUT2D eigenvalue weighted by Gasteiger charge is 2.56. The summed E-state index contributed by atoms with van der Waals surface area (Å²) in [7, 11) is 2.05. The van der Waals surface area contributed by atoms with E-state index in [9.17, 15) is 0 Å². The second-order valence-corrected chi connectivity index (χ2v) is 3.34. The molecular formula is C8H13N. The Hall–Kier alpha value is -0.300. The van der Waals surface area contributed by atoms with Gasteiger partial charge in [0.25, 0.3) is 0 Å². The van der Waals surface area contributed by atoms with Crippen molar-refractivity contribution < 1.29 is 0 Å². The summed E-state index contributed by atoms with van der Waals surface area (Å²) >= 11 is 0.